The average molecular weight is 423 g/mol. The summed E-state index contributed by atoms with van der Waals surface area (Å²) in [6, 6.07) is 9.99. The third-order valence-electron chi connectivity index (χ3n) is 5.09. The van der Waals surface area contributed by atoms with Crippen LogP contribution in [0.15, 0.2) is 42.7 Å². The fourth-order valence-corrected chi connectivity index (χ4v) is 3.55. The van der Waals surface area contributed by atoms with E-state index in [9.17, 15) is 4.79 Å². The first-order valence-electron chi connectivity index (χ1n) is 9.97. The third-order valence-corrected chi connectivity index (χ3v) is 5.09. The van der Waals surface area contributed by atoms with E-state index in [-0.39, 0.29) is 18.3 Å². The van der Waals surface area contributed by atoms with E-state index in [4.69, 9.17) is 9.47 Å². The SMILES string of the molecule is CCOCCOCc1cccc(CNC(=O)C2(n3cccn3)CCNCC2)c1.Cl. The average Bonchev–Trinajstić information content (AvgIpc) is 3.28. The van der Waals surface area contributed by atoms with Gasteiger partial charge in [0.25, 0.3) is 0 Å². The normalized spacial score (nSPS) is 15.5. The highest BCUT2D eigenvalue weighted by molar-refractivity contribution is 5.85. The van der Waals surface area contributed by atoms with Gasteiger partial charge in [-0.2, -0.15) is 5.10 Å². The van der Waals surface area contributed by atoms with Crippen LogP contribution in [0, 0.1) is 0 Å². The number of amides is 1. The number of aromatic nitrogens is 2. The monoisotopic (exact) mass is 422 g/mol. The molecule has 0 bridgehead atoms. The van der Waals surface area contributed by atoms with Crippen molar-refractivity contribution in [3.8, 4) is 0 Å². The number of ether oxygens (including phenoxy) is 2. The van der Waals surface area contributed by atoms with E-state index in [1.54, 1.807) is 6.20 Å². The number of nitrogens with zero attached hydrogens (tertiary/aromatic N) is 2. The van der Waals surface area contributed by atoms with Gasteiger partial charge in [-0.1, -0.05) is 24.3 Å². The van der Waals surface area contributed by atoms with Crippen molar-refractivity contribution in [2.24, 2.45) is 0 Å². The number of rotatable bonds is 10. The van der Waals surface area contributed by atoms with Crippen molar-refractivity contribution in [2.75, 3.05) is 32.9 Å². The van der Waals surface area contributed by atoms with Gasteiger partial charge in [0.1, 0.15) is 5.54 Å². The lowest BCUT2D eigenvalue weighted by Gasteiger charge is -2.36. The highest BCUT2D eigenvalue weighted by Crippen LogP contribution is 2.27. The summed E-state index contributed by atoms with van der Waals surface area (Å²) in [5.74, 6) is 0.0241. The largest absolute Gasteiger partial charge is 0.379 e. The first-order valence-corrected chi connectivity index (χ1v) is 9.97. The second-order valence-corrected chi connectivity index (χ2v) is 6.98. The van der Waals surface area contributed by atoms with E-state index in [2.05, 4.69) is 21.8 Å². The van der Waals surface area contributed by atoms with Gasteiger partial charge in [-0.05, 0) is 50.0 Å². The molecule has 1 aliphatic heterocycles. The summed E-state index contributed by atoms with van der Waals surface area (Å²) in [5, 5.41) is 10.8. The molecule has 1 aromatic heterocycles. The Morgan fingerprint density at radius 2 is 1.97 bits per heavy atom. The van der Waals surface area contributed by atoms with Crippen molar-refractivity contribution in [1.82, 2.24) is 20.4 Å². The first kappa shape index (κ1) is 23.3. The summed E-state index contributed by atoms with van der Waals surface area (Å²) >= 11 is 0. The smallest absolute Gasteiger partial charge is 0.248 e. The van der Waals surface area contributed by atoms with Gasteiger partial charge in [0, 0.05) is 25.5 Å². The Labute approximate surface area is 178 Å². The molecule has 3 rings (SSSR count). The zero-order valence-electron chi connectivity index (χ0n) is 16.9. The minimum atomic E-state index is -0.616. The van der Waals surface area contributed by atoms with E-state index >= 15 is 0 Å². The summed E-state index contributed by atoms with van der Waals surface area (Å²) in [4.78, 5) is 13.1. The molecular formula is C21H31ClN4O3. The molecule has 0 unspecified atom stereocenters. The van der Waals surface area contributed by atoms with Crippen molar-refractivity contribution >= 4 is 18.3 Å². The Balaban J connectivity index is 0.00000300. The number of hydrogen-bond donors (Lipinski definition) is 2. The molecule has 1 saturated heterocycles. The molecule has 2 aromatic rings. The zero-order chi connectivity index (χ0) is 19.7. The van der Waals surface area contributed by atoms with E-state index < -0.39 is 5.54 Å². The summed E-state index contributed by atoms with van der Waals surface area (Å²) in [5.41, 5.74) is 1.53. The van der Waals surface area contributed by atoms with Gasteiger partial charge in [0.15, 0.2) is 0 Å². The van der Waals surface area contributed by atoms with Crippen LogP contribution in [0.2, 0.25) is 0 Å². The van der Waals surface area contributed by atoms with Crippen molar-refractivity contribution in [3.05, 3.63) is 53.9 Å². The Hall–Kier alpha value is -1.93. The number of nitrogens with one attached hydrogen (secondary N) is 2. The van der Waals surface area contributed by atoms with Crippen LogP contribution in [-0.2, 0) is 33.0 Å². The van der Waals surface area contributed by atoms with Crippen LogP contribution in [0.25, 0.3) is 0 Å². The molecule has 2 N–H and O–H groups in total. The highest BCUT2D eigenvalue weighted by Gasteiger charge is 2.41. The summed E-state index contributed by atoms with van der Waals surface area (Å²) in [6.45, 7) is 6.50. The Morgan fingerprint density at radius 1 is 1.21 bits per heavy atom. The number of carbonyl (C=O) groups excluding carboxylic acids is 1. The maximum Gasteiger partial charge on any atom is 0.248 e. The van der Waals surface area contributed by atoms with Crippen LogP contribution in [0.1, 0.15) is 30.9 Å². The quantitative estimate of drug-likeness (QED) is 0.574. The minimum absolute atomic E-state index is 0. The van der Waals surface area contributed by atoms with Crippen molar-refractivity contribution in [1.29, 1.82) is 0 Å². The molecule has 8 heteroatoms. The maximum absolute atomic E-state index is 13.1. The molecule has 1 amide bonds. The van der Waals surface area contributed by atoms with Crippen molar-refractivity contribution < 1.29 is 14.3 Å². The van der Waals surface area contributed by atoms with Gasteiger partial charge >= 0.3 is 0 Å². The molecular weight excluding hydrogens is 392 g/mol. The van der Waals surface area contributed by atoms with E-state index in [1.807, 2.05) is 42.1 Å². The number of piperidine rings is 1. The molecule has 0 atom stereocenters. The van der Waals surface area contributed by atoms with E-state index in [0.717, 1.165) is 37.1 Å². The number of halogens is 1. The zero-order valence-corrected chi connectivity index (χ0v) is 17.7. The fourth-order valence-electron chi connectivity index (χ4n) is 3.55. The number of carbonyl (C=O) groups is 1. The molecule has 1 fully saturated rings. The lowest BCUT2D eigenvalue weighted by atomic mass is 9.87. The fraction of sp³-hybridized carbons (Fsp3) is 0.524. The van der Waals surface area contributed by atoms with Gasteiger partial charge in [0.05, 0.1) is 19.8 Å². The molecule has 29 heavy (non-hydrogen) atoms. The number of hydrogen-bond acceptors (Lipinski definition) is 5. The van der Waals surface area contributed by atoms with Crippen LogP contribution in [0.3, 0.4) is 0 Å². The maximum atomic E-state index is 13.1. The molecule has 7 nitrogen and oxygen atoms in total. The predicted molar refractivity (Wildman–Crippen MR) is 114 cm³/mol. The molecule has 0 aliphatic carbocycles. The van der Waals surface area contributed by atoms with Crippen LogP contribution >= 0.6 is 12.4 Å². The van der Waals surface area contributed by atoms with Crippen LogP contribution < -0.4 is 10.6 Å². The molecule has 160 valence electrons. The Morgan fingerprint density at radius 3 is 2.69 bits per heavy atom. The lowest BCUT2D eigenvalue weighted by Crippen LogP contribution is -2.54. The van der Waals surface area contributed by atoms with Crippen molar-refractivity contribution in [2.45, 2.75) is 38.5 Å². The Kier molecular flexibility index (Phi) is 9.60. The van der Waals surface area contributed by atoms with Gasteiger partial charge in [0.2, 0.25) is 5.91 Å². The standard InChI is InChI=1S/C21H30N4O3.ClH/c1-2-27-13-14-28-17-19-6-3-5-18(15-19)16-23-20(26)21(7-10-22-11-8-21)25-12-4-9-24-25;/h3-6,9,12,15,22H,2,7-8,10-11,13-14,16-17H2,1H3,(H,23,26);1H. The van der Waals surface area contributed by atoms with Gasteiger partial charge < -0.3 is 20.1 Å². The molecule has 0 radical (unpaired) electrons. The van der Waals surface area contributed by atoms with Crippen LogP contribution in [0.5, 0.6) is 0 Å². The highest BCUT2D eigenvalue weighted by atomic mass is 35.5. The van der Waals surface area contributed by atoms with Crippen molar-refractivity contribution in [3.63, 3.8) is 0 Å². The van der Waals surface area contributed by atoms with E-state index in [0.29, 0.717) is 33.0 Å². The van der Waals surface area contributed by atoms with Gasteiger partial charge in [-0.25, -0.2) is 0 Å². The molecule has 2 heterocycles. The second-order valence-electron chi connectivity index (χ2n) is 6.98. The topological polar surface area (TPSA) is 77.4 Å². The van der Waals surface area contributed by atoms with Crippen LogP contribution in [-0.4, -0.2) is 48.6 Å². The molecule has 1 aliphatic rings. The third kappa shape index (κ3) is 6.27. The van der Waals surface area contributed by atoms with Crippen LogP contribution in [0.4, 0.5) is 0 Å². The molecule has 0 spiro atoms. The minimum Gasteiger partial charge on any atom is -0.379 e. The summed E-state index contributed by atoms with van der Waals surface area (Å²) < 4.78 is 12.7. The summed E-state index contributed by atoms with van der Waals surface area (Å²) in [7, 11) is 0. The summed E-state index contributed by atoms with van der Waals surface area (Å²) in [6.07, 6.45) is 5.07. The van der Waals surface area contributed by atoms with E-state index in [1.165, 1.54) is 0 Å². The lowest BCUT2D eigenvalue weighted by molar-refractivity contribution is -0.132. The Bertz CT molecular complexity index is 733. The second kappa shape index (κ2) is 11.9. The number of benzene rings is 1. The van der Waals surface area contributed by atoms with Gasteiger partial charge in [-0.3, -0.25) is 9.48 Å². The molecule has 1 aromatic carbocycles. The molecule has 0 saturated carbocycles. The predicted octanol–water partition coefficient (Wildman–Crippen LogP) is 2.25. The first-order chi connectivity index (χ1) is 13.7. The van der Waals surface area contributed by atoms with Gasteiger partial charge in [-0.15, -0.1) is 12.4 Å².